The van der Waals surface area contributed by atoms with Crippen molar-refractivity contribution in [3.05, 3.63) is 63.6 Å². The molecule has 0 spiro atoms. The first kappa shape index (κ1) is 18.9. The number of fused-ring (bicyclic) bond motifs is 1. The van der Waals surface area contributed by atoms with Crippen LogP contribution in [0.25, 0.3) is 0 Å². The molecular formula is C19H17BrClN5O2. The Morgan fingerprint density at radius 2 is 2.00 bits per heavy atom. The fraction of sp³-hybridized carbons (Fsp3) is 0.211. The van der Waals surface area contributed by atoms with Crippen LogP contribution in [0.3, 0.4) is 0 Å². The molecule has 2 unspecified atom stereocenters. The third-order valence-corrected chi connectivity index (χ3v) is 5.53. The van der Waals surface area contributed by atoms with Crippen molar-refractivity contribution in [3.63, 3.8) is 0 Å². The zero-order valence-corrected chi connectivity index (χ0v) is 17.0. The lowest BCUT2D eigenvalue weighted by Gasteiger charge is -2.29. The fourth-order valence-electron chi connectivity index (χ4n) is 3.25. The lowest BCUT2D eigenvalue weighted by atomic mass is 10.0. The minimum absolute atomic E-state index is 0.00500. The molecule has 0 aromatic heterocycles. The zero-order chi connectivity index (χ0) is 19.7. The highest BCUT2D eigenvalue weighted by Gasteiger charge is 2.41. The maximum Gasteiger partial charge on any atom is 0.267 e. The number of para-hydroxylation sites is 1. The van der Waals surface area contributed by atoms with Crippen molar-refractivity contribution in [2.75, 3.05) is 11.9 Å². The molecule has 7 nitrogen and oxygen atoms in total. The molecule has 0 saturated carbocycles. The Bertz CT molecular complexity index is 936. The van der Waals surface area contributed by atoms with Crippen LogP contribution in [-0.2, 0) is 9.59 Å². The van der Waals surface area contributed by atoms with Crippen molar-refractivity contribution in [3.8, 4) is 0 Å². The highest BCUT2D eigenvalue weighted by atomic mass is 79.9. The predicted octanol–water partition coefficient (Wildman–Crippen LogP) is 3.15. The van der Waals surface area contributed by atoms with Crippen molar-refractivity contribution in [1.82, 2.24) is 15.4 Å². The van der Waals surface area contributed by atoms with Gasteiger partial charge in [0.25, 0.3) is 5.91 Å². The number of carbonyl (C=O) groups excluding carboxylic acids is 2. The molecule has 2 amide bonds. The van der Waals surface area contributed by atoms with Gasteiger partial charge < -0.3 is 5.32 Å². The molecule has 0 radical (unpaired) electrons. The molecule has 2 aromatic rings. The van der Waals surface area contributed by atoms with E-state index in [2.05, 4.69) is 31.8 Å². The van der Waals surface area contributed by atoms with Gasteiger partial charge in [0.15, 0.2) is 0 Å². The number of amides is 2. The van der Waals surface area contributed by atoms with Crippen LogP contribution in [0.2, 0.25) is 5.02 Å². The van der Waals surface area contributed by atoms with Gasteiger partial charge in [-0.1, -0.05) is 51.8 Å². The summed E-state index contributed by atoms with van der Waals surface area (Å²) in [7, 11) is 0. The second-order valence-corrected chi connectivity index (χ2v) is 7.87. The molecule has 2 heterocycles. The number of anilines is 1. The molecule has 2 aliphatic rings. The number of nitrogens with one attached hydrogen (secondary N) is 2. The van der Waals surface area contributed by atoms with Crippen molar-refractivity contribution >= 4 is 51.4 Å². The van der Waals surface area contributed by atoms with Gasteiger partial charge in [-0.25, -0.2) is 10.4 Å². The second-order valence-electron chi connectivity index (χ2n) is 6.55. The van der Waals surface area contributed by atoms with E-state index in [1.165, 1.54) is 5.01 Å². The van der Waals surface area contributed by atoms with Crippen molar-refractivity contribution in [2.24, 2.45) is 5.10 Å². The van der Waals surface area contributed by atoms with Gasteiger partial charge in [-0.15, -0.1) is 0 Å². The molecule has 1 saturated heterocycles. The van der Waals surface area contributed by atoms with E-state index in [9.17, 15) is 9.59 Å². The van der Waals surface area contributed by atoms with Gasteiger partial charge in [0, 0.05) is 4.47 Å². The topological polar surface area (TPSA) is 77.0 Å². The van der Waals surface area contributed by atoms with E-state index in [1.54, 1.807) is 35.6 Å². The van der Waals surface area contributed by atoms with Crippen LogP contribution >= 0.6 is 27.5 Å². The molecule has 9 heteroatoms. The number of hydrogen-bond donors (Lipinski definition) is 2. The summed E-state index contributed by atoms with van der Waals surface area (Å²) in [6.45, 7) is -0.173. The Balaban J connectivity index is 1.40. The minimum atomic E-state index is -0.403. The number of nitrogens with zero attached hydrogens (tertiary/aromatic N) is 3. The van der Waals surface area contributed by atoms with E-state index in [1.807, 2.05) is 24.3 Å². The van der Waals surface area contributed by atoms with E-state index in [-0.39, 0.29) is 24.4 Å². The van der Waals surface area contributed by atoms with Gasteiger partial charge in [-0.2, -0.15) is 5.10 Å². The molecule has 2 atom stereocenters. The Labute approximate surface area is 175 Å². The summed E-state index contributed by atoms with van der Waals surface area (Å²) in [4.78, 5) is 25.1. The summed E-state index contributed by atoms with van der Waals surface area (Å²) in [5.74, 6) is -0.577. The van der Waals surface area contributed by atoms with E-state index in [0.29, 0.717) is 17.1 Å². The lowest BCUT2D eigenvalue weighted by Crippen LogP contribution is -2.52. The number of hydrogen-bond acceptors (Lipinski definition) is 5. The minimum Gasteiger partial charge on any atom is -0.323 e. The summed E-state index contributed by atoms with van der Waals surface area (Å²) in [5, 5.41) is 10.2. The zero-order valence-electron chi connectivity index (χ0n) is 14.7. The van der Waals surface area contributed by atoms with Gasteiger partial charge in [0.2, 0.25) is 5.91 Å². The Morgan fingerprint density at radius 3 is 2.75 bits per heavy atom. The monoisotopic (exact) mass is 461 g/mol. The molecule has 2 aromatic carbocycles. The molecule has 1 fully saturated rings. The number of benzene rings is 2. The van der Waals surface area contributed by atoms with Gasteiger partial charge in [0.05, 0.1) is 16.8 Å². The summed E-state index contributed by atoms with van der Waals surface area (Å²) in [6.07, 6.45) is 2.14. The Kier molecular flexibility index (Phi) is 5.34. The third kappa shape index (κ3) is 3.89. The van der Waals surface area contributed by atoms with E-state index < -0.39 is 6.04 Å². The number of halogens is 2. The van der Waals surface area contributed by atoms with Crippen LogP contribution in [0.15, 0.2) is 58.1 Å². The molecule has 0 bridgehead atoms. The van der Waals surface area contributed by atoms with Crippen molar-refractivity contribution < 1.29 is 9.59 Å². The van der Waals surface area contributed by atoms with Crippen molar-refractivity contribution in [2.45, 2.75) is 18.5 Å². The fourth-order valence-corrected chi connectivity index (χ4v) is 3.70. The molecule has 2 aliphatic heterocycles. The molecule has 4 rings (SSSR count). The summed E-state index contributed by atoms with van der Waals surface area (Å²) in [5.41, 5.74) is 4.87. The maximum absolute atomic E-state index is 12.8. The molecule has 28 heavy (non-hydrogen) atoms. The number of hydrazone groups is 1. The summed E-state index contributed by atoms with van der Waals surface area (Å²) in [6, 6.07) is 14.5. The van der Waals surface area contributed by atoms with Crippen molar-refractivity contribution in [1.29, 1.82) is 0 Å². The number of carbonyl (C=O) groups is 2. The van der Waals surface area contributed by atoms with Gasteiger partial charge in [-0.05, 0) is 36.2 Å². The van der Waals surface area contributed by atoms with Crippen LogP contribution in [0.4, 0.5) is 5.69 Å². The SMILES string of the molecule is O=C(CN1N=CN2NC(c3ccc(Br)cc3)CC2C1=O)Nc1ccccc1Cl. The lowest BCUT2D eigenvalue weighted by molar-refractivity contribution is -0.139. The van der Waals surface area contributed by atoms with Crippen LogP contribution < -0.4 is 10.7 Å². The van der Waals surface area contributed by atoms with E-state index >= 15 is 0 Å². The average molecular weight is 463 g/mol. The Hall–Kier alpha value is -2.42. The molecular weight excluding hydrogens is 446 g/mol. The van der Waals surface area contributed by atoms with Gasteiger partial charge >= 0.3 is 0 Å². The highest BCUT2D eigenvalue weighted by molar-refractivity contribution is 9.10. The van der Waals surface area contributed by atoms with E-state index in [0.717, 1.165) is 10.0 Å². The number of rotatable bonds is 4. The molecule has 144 valence electrons. The Morgan fingerprint density at radius 1 is 1.25 bits per heavy atom. The summed E-state index contributed by atoms with van der Waals surface area (Å²) >= 11 is 9.48. The molecule has 0 aliphatic carbocycles. The quantitative estimate of drug-likeness (QED) is 0.732. The largest absolute Gasteiger partial charge is 0.323 e. The van der Waals surface area contributed by atoms with Gasteiger partial charge in [0.1, 0.15) is 18.9 Å². The second kappa shape index (κ2) is 7.90. The smallest absolute Gasteiger partial charge is 0.267 e. The first-order valence-electron chi connectivity index (χ1n) is 8.71. The van der Waals surface area contributed by atoms with Crippen LogP contribution in [0.1, 0.15) is 18.0 Å². The normalized spacial score (nSPS) is 21.0. The number of hydrazine groups is 1. The van der Waals surface area contributed by atoms with Gasteiger partial charge in [-0.3, -0.25) is 14.6 Å². The maximum atomic E-state index is 12.8. The van der Waals surface area contributed by atoms with E-state index in [4.69, 9.17) is 11.6 Å². The average Bonchev–Trinajstić information content (AvgIpc) is 3.12. The van der Waals surface area contributed by atoms with Crippen LogP contribution in [0, 0.1) is 0 Å². The van der Waals surface area contributed by atoms with Crippen LogP contribution in [-0.4, -0.2) is 40.8 Å². The predicted molar refractivity (Wildman–Crippen MR) is 111 cm³/mol. The third-order valence-electron chi connectivity index (χ3n) is 4.67. The first-order valence-corrected chi connectivity index (χ1v) is 9.88. The summed E-state index contributed by atoms with van der Waals surface area (Å²) < 4.78 is 1.00. The highest BCUT2D eigenvalue weighted by Crippen LogP contribution is 2.30. The first-order chi connectivity index (χ1) is 13.5. The van der Waals surface area contributed by atoms with Crippen LogP contribution in [0.5, 0.6) is 0 Å². The standard InChI is InChI=1S/C19H17BrClN5O2/c20-13-7-5-12(6-8-13)16-9-17-19(28)25(22-11-26(17)24-16)10-18(27)23-15-4-2-1-3-14(15)21/h1-8,11,16-17,24H,9-10H2,(H,23,27). The molecule has 2 N–H and O–H groups in total.